The summed E-state index contributed by atoms with van der Waals surface area (Å²) in [5.74, 6) is -0.933. The summed E-state index contributed by atoms with van der Waals surface area (Å²) in [6.45, 7) is 6.44. The summed E-state index contributed by atoms with van der Waals surface area (Å²) in [6.07, 6.45) is 60.3. The van der Waals surface area contributed by atoms with Crippen molar-refractivity contribution in [2.24, 2.45) is 0 Å². The zero-order valence-corrected chi connectivity index (χ0v) is 39.2. The molecular weight excluding hydrogens is 745 g/mol. The summed E-state index contributed by atoms with van der Waals surface area (Å²) >= 11 is 0. The van der Waals surface area contributed by atoms with Gasteiger partial charge in [-0.3, -0.25) is 14.4 Å². The van der Waals surface area contributed by atoms with Crippen molar-refractivity contribution in [1.29, 1.82) is 0 Å². The van der Waals surface area contributed by atoms with Crippen LogP contribution in [0.15, 0.2) is 72.9 Å². The Morgan fingerprint density at radius 2 is 0.650 bits per heavy atom. The van der Waals surface area contributed by atoms with Gasteiger partial charge >= 0.3 is 17.9 Å². The molecule has 60 heavy (non-hydrogen) atoms. The van der Waals surface area contributed by atoms with Crippen LogP contribution in [0.3, 0.4) is 0 Å². The predicted octanol–water partition coefficient (Wildman–Crippen LogP) is 16.3. The van der Waals surface area contributed by atoms with Crippen molar-refractivity contribution in [3.63, 3.8) is 0 Å². The van der Waals surface area contributed by atoms with E-state index in [0.29, 0.717) is 19.3 Å². The largest absolute Gasteiger partial charge is 0.462 e. The summed E-state index contributed by atoms with van der Waals surface area (Å²) in [5.41, 5.74) is 0. The summed E-state index contributed by atoms with van der Waals surface area (Å²) in [5, 5.41) is 0. The van der Waals surface area contributed by atoms with E-state index in [9.17, 15) is 14.4 Å². The van der Waals surface area contributed by atoms with Gasteiger partial charge in [0, 0.05) is 19.3 Å². The van der Waals surface area contributed by atoms with Gasteiger partial charge in [0.15, 0.2) is 6.10 Å². The molecule has 6 heteroatoms. The molecule has 344 valence electrons. The first-order valence-electron chi connectivity index (χ1n) is 24.9. The predicted molar refractivity (Wildman–Crippen MR) is 256 cm³/mol. The first kappa shape index (κ1) is 56.9. The Bertz CT molecular complexity index is 1140. The van der Waals surface area contributed by atoms with Crippen LogP contribution in [0.4, 0.5) is 0 Å². The van der Waals surface area contributed by atoms with E-state index >= 15 is 0 Å². The molecule has 0 N–H and O–H groups in total. The molecule has 0 bridgehead atoms. The second-order valence-corrected chi connectivity index (χ2v) is 16.3. The summed E-state index contributed by atoms with van der Waals surface area (Å²) in [6, 6.07) is 0. The average molecular weight is 837 g/mol. The molecule has 0 aliphatic heterocycles. The zero-order valence-electron chi connectivity index (χ0n) is 39.2. The lowest BCUT2D eigenvalue weighted by Crippen LogP contribution is -2.30. The molecule has 0 amide bonds. The number of hydrogen-bond donors (Lipinski definition) is 0. The van der Waals surface area contributed by atoms with E-state index in [1.807, 2.05) is 0 Å². The fourth-order valence-electron chi connectivity index (χ4n) is 6.70. The maximum absolute atomic E-state index is 12.8. The molecule has 0 aromatic carbocycles. The first-order valence-corrected chi connectivity index (χ1v) is 24.9. The molecule has 0 fully saturated rings. The van der Waals surface area contributed by atoms with Crippen molar-refractivity contribution in [2.45, 2.75) is 239 Å². The van der Waals surface area contributed by atoms with Gasteiger partial charge in [0.05, 0.1) is 0 Å². The van der Waals surface area contributed by atoms with Gasteiger partial charge in [-0.15, -0.1) is 0 Å². The van der Waals surface area contributed by atoms with E-state index < -0.39 is 6.10 Å². The molecule has 0 rings (SSSR count). The Balaban J connectivity index is 4.40. The van der Waals surface area contributed by atoms with E-state index in [1.54, 1.807) is 0 Å². The van der Waals surface area contributed by atoms with Crippen molar-refractivity contribution in [3.05, 3.63) is 72.9 Å². The standard InChI is InChI=1S/C54H92O6/c1-4-7-10-13-16-19-21-23-25-27-29-30-32-35-38-41-44-47-53(56)59-50-51(49-58-52(55)46-43-40-37-34-18-15-12-9-6-3)60-54(57)48-45-42-39-36-33-31-28-26-24-22-20-17-14-11-8-5-2/h8,11,16-17,19-20,23-26,31,33,51H,4-7,9-10,12-15,18,21-22,27-30,32,34-50H2,1-3H3/b11-8-,19-16-,20-17-,25-23-,26-24-,33-31-. The van der Waals surface area contributed by atoms with E-state index in [4.69, 9.17) is 14.2 Å². The van der Waals surface area contributed by atoms with E-state index in [2.05, 4.69) is 93.7 Å². The number of hydrogen-bond acceptors (Lipinski definition) is 6. The molecule has 0 aliphatic rings. The second kappa shape index (κ2) is 48.5. The zero-order chi connectivity index (χ0) is 43.7. The van der Waals surface area contributed by atoms with Gasteiger partial charge in [-0.2, -0.15) is 0 Å². The van der Waals surface area contributed by atoms with Crippen molar-refractivity contribution < 1.29 is 28.6 Å². The highest BCUT2D eigenvalue weighted by Gasteiger charge is 2.19. The van der Waals surface area contributed by atoms with Crippen LogP contribution in [0.2, 0.25) is 0 Å². The van der Waals surface area contributed by atoms with Crippen LogP contribution in [0.25, 0.3) is 0 Å². The van der Waals surface area contributed by atoms with E-state index in [1.165, 1.54) is 89.9 Å². The molecule has 0 radical (unpaired) electrons. The number of allylic oxidation sites excluding steroid dienone is 12. The molecular formula is C54H92O6. The normalized spacial score (nSPS) is 12.7. The Kier molecular flexibility index (Phi) is 46.0. The Labute approximate surface area is 370 Å². The number of carbonyl (C=O) groups is 3. The molecule has 0 saturated heterocycles. The molecule has 0 spiro atoms. The molecule has 0 aliphatic carbocycles. The molecule has 1 atom stereocenters. The van der Waals surface area contributed by atoms with Gasteiger partial charge in [0.25, 0.3) is 0 Å². The van der Waals surface area contributed by atoms with Gasteiger partial charge in [0.2, 0.25) is 0 Å². The lowest BCUT2D eigenvalue weighted by atomic mass is 10.1. The monoisotopic (exact) mass is 837 g/mol. The van der Waals surface area contributed by atoms with E-state index in [0.717, 1.165) is 103 Å². The van der Waals surface area contributed by atoms with Gasteiger partial charge in [-0.25, -0.2) is 0 Å². The molecule has 0 heterocycles. The van der Waals surface area contributed by atoms with Crippen LogP contribution < -0.4 is 0 Å². The summed E-state index contributed by atoms with van der Waals surface area (Å²) < 4.78 is 16.7. The molecule has 0 saturated carbocycles. The number of rotatable bonds is 44. The maximum atomic E-state index is 12.8. The maximum Gasteiger partial charge on any atom is 0.306 e. The van der Waals surface area contributed by atoms with Crippen LogP contribution in [-0.2, 0) is 28.6 Å². The van der Waals surface area contributed by atoms with Gasteiger partial charge in [-0.05, 0) is 89.9 Å². The van der Waals surface area contributed by atoms with Crippen LogP contribution in [0.5, 0.6) is 0 Å². The minimum atomic E-state index is -0.792. The highest BCUT2D eigenvalue weighted by atomic mass is 16.6. The first-order chi connectivity index (χ1) is 29.5. The summed E-state index contributed by atoms with van der Waals surface area (Å²) in [7, 11) is 0. The fraction of sp³-hybridized carbons (Fsp3) is 0.722. The van der Waals surface area contributed by atoms with E-state index in [-0.39, 0.29) is 31.1 Å². The molecule has 0 aromatic rings. The van der Waals surface area contributed by atoms with Gasteiger partial charge < -0.3 is 14.2 Å². The highest BCUT2D eigenvalue weighted by Crippen LogP contribution is 2.14. The van der Waals surface area contributed by atoms with Crippen LogP contribution in [0.1, 0.15) is 233 Å². The number of unbranched alkanes of at least 4 members (excludes halogenated alkanes) is 21. The van der Waals surface area contributed by atoms with Crippen molar-refractivity contribution in [2.75, 3.05) is 13.2 Å². The summed E-state index contributed by atoms with van der Waals surface area (Å²) in [4.78, 5) is 37.8. The number of ether oxygens (including phenoxy) is 3. The minimum Gasteiger partial charge on any atom is -0.462 e. The van der Waals surface area contributed by atoms with Crippen molar-refractivity contribution >= 4 is 17.9 Å². The van der Waals surface area contributed by atoms with Gasteiger partial charge in [-0.1, -0.05) is 196 Å². The number of carbonyl (C=O) groups excluding carboxylic acids is 3. The van der Waals surface area contributed by atoms with Crippen molar-refractivity contribution in [3.8, 4) is 0 Å². The highest BCUT2D eigenvalue weighted by molar-refractivity contribution is 5.71. The third-order valence-corrected chi connectivity index (χ3v) is 10.4. The Hall–Kier alpha value is -3.15. The SMILES string of the molecule is CC/C=C\C/C=C\C/C=C\C/C=C\CCCCCC(=O)OC(COC(=O)CCCCCCCCC/C=C\C/C=C\CCCCC)COC(=O)CCCCCCCCCCC. The third-order valence-electron chi connectivity index (χ3n) is 10.4. The topological polar surface area (TPSA) is 78.9 Å². The quantitative estimate of drug-likeness (QED) is 0.0263. The molecule has 1 unspecified atom stereocenters. The molecule has 0 aromatic heterocycles. The van der Waals surface area contributed by atoms with Crippen LogP contribution >= 0.6 is 0 Å². The minimum absolute atomic E-state index is 0.0902. The Morgan fingerprint density at radius 3 is 1.07 bits per heavy atom. The number of esters is 3. The van der Waals surface area contributed by atoms with Crippen molar-refractivity contribution in [1.82, 2.24) is 0 Å². The van der Waals surface area contributed by atoms with Gasteiger partial charge in [0.1, 0.15) is 13.2 Å². The second-order valence-electron chi connectivity index (χ2n) is 16.3. The average Bonchev–Trinajstić information content (AvgIpc) is 3.24. The molecule has 6 nitrogen and oxygen atoms in total. The van der Waals surface area contributed by atoms with Crippen LogP contribution in [0, 0.1) is 0 Å². The smallest absolute Gasteiger partial charge is 0.306 e. The third kappa shape index (κ3) is 45.9. The lowest BCUT2D eigenvalue weighted by Gasteiger charge is -2.18. The van der Waals surface area contributed by atoms with Crippen LogP contribution in [-0.4, -0.2) is 37.2 Å². The fourth-order valence-corrected chi connectivity index (χ4v) is 6.70. The lowest BCUT2D eigenvalue weighted by molar-refractivity contribution is -0.167. The Morgan fingerprint density at radius 1 is 0.350 bits per heavy atom.